The van der Waals surface area contributed by atoms with E-state index >= 15 is 0 Å². The third kappa shape index (κ3) is 3.32. The van der Waals surface area contributed by atoms with Crippen molar-refractivity contribution in [1.29, 1.82) is 0 Å². The van der Waals surface area contributed by atoms with Crippen LogP contribution in [-0.2, 0) is 4.79 Å². The van der Waals surface area contributed by atoms with E-state index in [-0.39, 0.29) is 11.4 Å². The lowest BCUT2D eigenvalue weighted by molar-refractivity contribution is -0.384. The standard InChI is InChI=1S/C10H9N5O3/c1-12-10(16)9(13-14-11)6-7-3-2-4-8(5-7)15(17)18/h2-6H,1H3,(H,12,16). The van der Waals surface area contributed by atoms with Gasteiger partial charge in [-0.05, 0) is 17.2 Å². The van der Waals surface area contributed by atoms with Crippen molar-refractivity contribution in [2.24, 2.45) is 5.11 Å². The first-order valence-corrected chi connectivity index (χ1v) is 4.82. The molecule has 0 aliphatic heterocycles. The van der Waals surface area contributed by atoms with Crippen molar-refractivity contribution in [3.63, 3.8) is 0 Å². The molecule has 0 radical (unpaired) electrons. The number of likely N-dealkylation sites (N-methyl/N-ethyl adjacent to an activating group) is 1. The Labute approximate surface area is 102 Å². The summed E-state index contributed by atoms with van der Waals surface area (Å²) in [5.74, 6) is -0.570. The number of nitrogens with zero attached hydrogens (tertiary/aromatic N) is 4. The molecule has 1 N–H and O–H groups in total. The Morgan fingerprint density at radius 2 is 2.33 bits per heavy atom. The summed E-state index contributed by atoms with van der Waals surface area (Å²) in [7, 11) is 1.39. The van der Waals surface area contributed by atoms with Crippen molar-refractivity contribution in [2.45, 2.75) is 0 Å². The molecule has 0 fully saturated rings. The third-order valence-corrected chi connectivity index (χ3v) is 2.00. The Hall–Kier alpha value is -2.86. The van der Waals surface area contributed by atoms with Crippen LogP contribution in [-0.4, -0.2) is 17.9 Å². The Kier molecular flexibility index (Phi) is 4.42. The minimum atomic E-state index is -0.570. The number of hydrogen-bond acceptors (Lipinski definition) is 4. The van der Waals surface area contributed by atoms with Crippen molar-refractivity contribution < 1.29 is 9.72 Å². The first-order valence-electron chi connectivity index (χ1n) is 4.82. The van der Waals surface area contributed by atoms with Gasteiger partial charge in [0.15, 0.2) is 0 Å². The lowest BCUT2D eigenvalue weighted by Gasteiger charge is -1.99. The van der Waals surface area contributed by atoms with Crippen LogP contribution < -0.4 is 5.32 Å². The maximum absolute atomic E-state index is 11.3. The van der Waals surface area contributed by atoms with Gasteiger partial charge >= 0.3 is 0 Å². The first kappa shape index (κ1) is 13.2. The van der Waals surface area contributed by atoms with Crippen LogP contribution in [0.1, 0.15) is 5.56 Å². The molecule has 0 aliphatic rings. The molecule has 8 heteroatoms. The Bertz CT molecular complexity index is 560. The number of nitro groups is 1. The average Bonchev–Trinajstić information content (AvgIpc) is 2.37. The summed E-state index contributed by atoms with van der Waals surface area (Å²) in [5, 5.41) is 16.1. The maximum Gasteiger partial charge on any atom is 0.270 e. The van der Waals surface area contributed by atoms with Gasteiger partial charge in [0.1, 0.15) is 5.70 Å². The summed E-state index contributed by atoms with van der Waals surface area (Å²) in [6.07, 6.45) is 1.27. The van der Waals surface area contributed by atoms with Crippen molar-refractivity contribution in [1.82, 2.24) is 5.32 Å². The second-order valence-electron chi connectivity index (χ2n) is 3.15. The van der Waals surface area contributed by atoms with Gasteiger partial charge in [0.2, 0.25) is 0 Å². The molecule has 0 saturated carbocycles. The van der Waals surface area contributed by atoms with Crippen LogP contribution in [0.4, 0.5) is 5.69 Å². The highest BCUT2D eigenvalue weighted by atomic mass is 16.6. The van der Waals surface area contributed by atoms with E-state index in [1.54, 1.807) is 6.07 Å². The second-order valence-corrected chi connectivity index (χ2v) is 3.15. The van der Waals surface area contributed by atoms with E-state index in [0.717, 1.165) is 0 Å². The molecular formula is C10H9N5O3. The van der Waals surface area contributed by atoms with Crippen LogP contribution in [0.3, 0.4) is 0 Å². The summed E-state index contributed by atoms with van der Waals surface area (Å²) < 4.78 is 0. The van der Waals surface area contributed by atoms with E-state index in [9.17, 15) is 14.9 Å². The fourth-order valence-electron chi connectivity index (χ4n) is 1.20. The van der Waals surface area contributed by atoms with Gasteiger partial charge in [-0.3, -0.25) is 14.9 Å². The molecule has 0 aliphatic carbocycles. The zero-order valence-electron chi connectivity index (χ0n) is 9.40. The maximum atomic E-state index is 11.3. The largest absolute Gasteiger partial charge is 0.355 e. The number of carbonyl (C=O) groups excluding carboxylic acids is 1. The third-order valence-electron chi connectivity index (χ3n) is 2.00. The number of nitro benzene ring substituents is 1. The number of nitrogens with one attached hydrogen (secondary N) is 1. The number of hydrogen-bond donors (Lipinski definition) is 1. The number of amides is 1. The fraction of sp³-hybridized carbons (Fsp3) is 0.100. The zero-order chi connectivity index (χ0) is 13.5. The number of azide groups is 1. The fourth-order valence-corrected chi connectivity index (χ4v) is 1.20. The van der Waals surface area contributed by atoms with E-state index < -0.39 is 10.8 Å². The van der Waals surface area contributed by atoms with Crippen molar-refractivity contribution in [2.75, 3.05) is 7.05 Å². The molecule has 1 aromatic carbocycles. The van der Waals surface area contributed by atoms with E-state index in [1.165, 1.54) is 31.3 Å². The summed E-state index contributed by atoms with van der Waals surface area (Å²) in [5.41, 5.74) is 8.45. The van der Waals surface area contributed by atoms with Crippen molar-refractivity contribution >= 4 is 17.7 Å². The first-order chi connectivity index (χ1) is 8.58. The van der Waals surface area contributed by atoms with Crippen molar-refractivity contribution in [3.05, 3.63) is 56.1 Å². The molecule has 1 aromatic rings. The van der Waals surface area contributed by atoms with Crippen LogP contribution in [0.2, 0.25) is 0 Å². The number of non-ortho nitro benzene ring substituents is 1. The van der Waals surface area contributed by atoms with Crippen LogP contribution in [0, 0.1) is 10.1 Å². The lowest BCUT2D eigenvalue weighted by Crippen LogP contribution is -2.18. The lowest BCUT2D eigenvalue weighted by atomic mass is 10.1. The minimum Gasteiger partial charge on any atom is -0.355 e. The van der Waals surface area contributed by atoms with E-state index in [4.69, 9.17) is 5.53 Å². The number of rotatable bonds is 4. The van der Waals surface area contributed by atoms with E-state index in [0.29, 0.717) is 5.56 Å². The van der Waals surface area contributed by atoms with Gasteiger partial charge in [-0.25, -0.2) is 0 Å². The Morgan fingerprint density at radius 3 is 2.89 bits per heavy atom. The molecule has 1 rings (SSSR count). The summed E-state index contributed by atoms with van der Waals surface area (Å²) in [6.45, 7) is 0. The molecule has 0 unspecified atom stereocenters. The molecule has 18 heavy (non-hydrogen) atoms. The predicted octanol–water partition coefficient (Wildman–Crippen LogP) is 1.99. The topological polar surface area (TPSA) is 121 Å². The van der Waals surface area contributed by atoms with Gasteiger partial charge in [0.05, 0.1) is 4.92 Å². The molecule has 0 spiro atoms. The molecule has 1 amide bonds. The van der Waals surface area contributed by atoms with Gasteiger partial charge in [-0.15, -0.1) is 0 Å². The molecular weight excluding hydrogens is 238 g/mol. The van der Waals surface area contributed by atoms with E-state index in [2.05, 4.69) is 15.3 Å². The van der Waals surface area contributed by atoms with Crippen LogP contribution in [0.5, 0.6) is 0 Å². The molecule has 0 atom stereocenters. The highest BCUT2D eigenvalue weighted by Gasteiger charge is 2.08. The summed E-state index contributed by atoms with van der Waals surface area (Å²) >= 11 is 0. The highest BCUT2D eigenvalue weighted by molar-refractivity contribution is 5.97. The van der Waals surface area contributed by atoms with Gasteiger partial charge in [-0.2, -0.15) is 0 Å². The van der Waals surface area contributed by atoms with E-state index in [1.807, 2.05) is 0 Å². The zero-order valence-corrected chi connectivity index (χ0v) is 9.40. The smallest absolute Gasteiger partial charge is 0.270 e. The monoisotopic (exact) mass is 247 g/mol. The van der Waals surface area contributed by atoms with Crippen LogP contribution in [0.25, 0.3) is 16.5 Å². The average molecular weight is 247 g/mol. The molecule has 0 heterocycles. The number of carbonyl (C=O) groups is 1. The van der Waals surface area contributed by atoms with Crippen molar-refractivity contribution in [3.8, 4) is 0 Å². The van der Waals surface area contributed by atoms with Gasteiger partial charge in [0, 0.05) is 24.1 Å². The van der Waals surface area contributed by atoms with Crippen LogP contribution in [0.15, 0.2) is 35.1 Å². The molecule has 8 nitrogen and oxygen atoms in total. The van der Waals surface area contributed by atoms with Crippen LogP contribution >= 0.6 is 0 Å². The van der Waals surface area contributed by atoms with Gasteiger partial charge < -0.3 is 5.32 Å². The molecule has 0 aromatic heterocycles. The minimum absolute atomic E-state index is 0.110. The summed E-state index contributed by atoms with van der Waals surface area (Å²) in [4.78, 5) is 23.9. The molecule has 0 saturated heterocycles. The number of benzene rings is 1. The Morgan fingerprint density at radius 1 is 1.61 bits per heavy atom. The SMILES string of the molecule is CNC(=O)C(=Cc1cccc([N+](=O)[O-])c1)N=[N+]=[N-]. The molecule has 92 valence electrons. The quantitative estimate of drug-likeness (QED) is 0.218. The highest BCUT2D eigenvalue weighted by Crippen LogP contribution is 2.16. The van der Waals surface area contributed by atoms with Gasteiger partial charge in [-0.1, -0.05) is 17.2 Å². The normalized spacial score (nSPS) is 10.4. The Balaban J connectivity index is 3.19. The second kappa shape index (κ2) is 6.02. The molecule has 0 bridgehead atoms. The van der Waals surface area contributed by atoms with Gasteiger partial charge in [0.25, 0.3) is 11.6 Å². The predicted molar refractivity (Wildman–Crippen MR) is 64.3 cm³/mol. The summed E-state index contributed by atoms with van der Waals surface area (Å²) in [6, 6.07) is 5.63.